The first-order valence-electron chi connectivity index (χ1n) is 24.7. The van der Waals surface area contributed by atoms with E-state index in [1.54, 1.807) is 28.8 Å². The number of unbranched alkanes of at least 4 members (excludes halogenated alkanes) is 20. The van der Waals surface area contributed by atoms with Gasteiger partial charge in [-0.15, -0.1) is 0 Å². The normalized spacial score (nSPS) is 11.6. The number of nitrogens with zero attached hydrogens (tertiary/aromatic N) is 4. The van der Waals surface area contributed by atoms with Gasteiger partial charge in [-0.05, 0) is 87.2 Å². The summed E-state index contributed by atoms with van der Waals surface area (Å²) in [5, 5.41) is 3.56. The second-order valence-corrected chi connectivity index (χ2v) is 17.5. The first kappa shape index (κ1) is 50.9. The molecule has 63 heavy (non-hydrogen) atoms. The zero-order valence-electron chi connectivity index (χ0n) is 39.9. The van der Waals surface area contributed by atoms with Crippen LogP contribution in [0.4, 0.5) is 17.1 Å². The third-order valence-corrected chi connectivity index (χ3v) is 12.3. The van der Waals surface area contributed by atoms with Gasteiger partial charge >= 0.3 is 5.97 Å². The van der Waals surface area contributed by atoms with Crippen LogP contribution in [0.2, 0.25) is 0 Å². The standard InChI is InChI=1S/C54H79N5O4/c1-7-10-12-14-16-18-20-21-23-25-27-31-39-63-54(62)44-35-34-42(4)49(41-44)57-52(60)50(55-47-37-36-45(40-43(47)5)58(6)9-3)51-56-48-33-29-28-32-46(48)53(61)59(51)38-30-26-24-22-19-17-15-13-11-8-2/h28-29,32-37,40-41H,7-27,30-31,38-39H2,1-6H3,(H,57,60). The van der Waals surface area contributed by atoms with E-state index in [4.69, 9.17) is 14.7 Å². The van der Waals surface area contributed by atoms with Crippen molar-refractivity contribution in [2.24, 2.45) is 4.99 Å². The van der Waals surface area contributed by atoms with Crippen molar-refractivity contribution in [3.8, 4) is 0 Å². The van der Waals surface area contributed by atoms with Gasteiger partial charge in [0, 0.05) is 31.5 Å². The molecule has 344 valence electrons. The first-order chi connectivity index (χ1) is 30.7. The number of aliphatic imine (C=N–C) groups is 1. The molecule has 0 saturated carbocycles. The Hall–Kier alpha value is -4.79. The SMILES string of the molecule is CCCCCCCCCCCCCCOC(=O)c1ccc(C)c(NC(=O)C(=Nc2ccc(N(C)CC)cc2C)c2nc3ccccc3c(=O)n2CCCCCCCCCCCC)c1. The molecule has 0 saturated heterocycles. The van der Waals surface area contributed by atoms with Crippen LogP contribution in [0.5, 0.6) is 0 Å². The number of esters is 1. The summed E-state index contributed by atoms with van der Waals surface area (Å²) >= 11 is 0. The van der Waals surface area contributed by atoms with Gasteiger partial charge in [-0.1, -0.05) is 160 Å². The van der Waals surface area contributed by atoms with Gasteiger partial charge in [-0.3, -0.25) is 14.2 Å². The van der Waals surface area contributed by atoms with Crippen molar-refractivity contribution in [1.29, 1.82) is 0 Å². The van der Waals surface area contributed by atoms with Crippen LogP contribution >= 0.6 is 0 Å². The molecule has 9 nitrogen and oxygen atoms in total. The quantitative estimate of drug-likeness (QED) is 0.0307. The van der Waals surface area contributed by atoms with Crippen molar-refractivity contribution < 1.29 is 14.3 Å². The minimum atomic E-state index is -0.520. The van der Waals surface area contributed by atoms with Crippen molar-refractivity contribution in [1.82, 2.24) is 9.55 Å². The highest BCUT2D eigenvalue weighted by Crippen LogP contribution is 2.27. The number of aryl methyl sites for hydroxylation is 2. The number of fused-ring (bicyclic) bond motifs is 1. The summed E-state index contributed by atoms with van der Waals surface area (Å²) in [6.45, 7) is 12.1. The fraction of sp³-hybridized carbons (Fsp3) is 0.574. The van der Waals surface area contributed by atoms with Crippen LogP contribution in [0.15, 0.2) is 70.5 Å². The average Bonchev–Trinajstić information content (AvgIpc) is 3.29. The molecule has 0 spiro atoms. The monoisotopic (exact) mass is 862 g/mol. The predicted molar refractivity (Wildman–Crippen MR) is 265 cm³/mol. The van der Waals surface area contributed by atoms with Gasteiger partial charge in [-0.2, -0.15) is 0 Å². The maximum Gasteiger partial charge on any atom is 0.338 e. The van der Waals surface area contributed by atoms with E-state index in [1.807, 2.05) is 51.2 Å². The maximum atomic E-state index is 14.7. The number of nitrogens with one attached hydrogen (secondary N) is 1. The molecule has 0 atom stereocenters. The number of anilines is 2. The molecule has 1 N–H and O–H groups in total. The molecule has 0 fully saturated rings. The van der Waals surface area contributed by atoms with Crippen molar-refractivity contribution >= 4 is 45.6 Å². The highest BCUT2D eigenvalue weighted by molar-refractivity contribution is 6.48. The second-order valence-electron chi connectivity index (χ2n) is 17.5. The van der Waals surface area contributed by atoms with Crippen molar-refractivity contribution in [3.05, 3.63) is 93.5 Å². The molecule has 0 bridgehead atoms. The lowest BCUT2D eigenvalue weighted by Gasteiger charge is -2.19. The zero-order chi connectivity index (χ0) is 45.2. The molecule has 0 unspecified atom stereocenters. The van der Waals surface area contributed by atoms with Crippen LogP contribution in [0.3, 0.4) is 0 Å². The Balaban J connectivity index is 1.52. The van der Waals surface area contributed by atoms with Gasteiger partial charge in [0.15, 0.2) is 11.5 Å². The predicted octanol–water partition coefficient (Wildman–Crippen LogP) is 14.0. The smallest absolute Gasteiger partial charge is 0.338 e. The van der Waals surface area contributed by atoms with Gasteiger partial charge in [-0.25, -0.2) is 14.8 Å². The van der Waals surface area contributed by atoms with Crippen molar-refractivity contribution in [3.63, 3.8) is 0 Å². The van der Waals surface area contributed by atoms with Gasteiger partial charge < -0.3 is 15.0 Å². The van der Waals surface area contributed by atoms with E-state index < -0.39 is 11.9 Å². The molecule has 1 amide bonds. The Bertz CT molecular complexity index is 2090. The highest BCUT2D eigenvalue weighted by atomic mass is 16.5. The Morgan fingerprint density at radius 1 is 0.683 bits per heavy atom. The molecule has 9 heteroatoms. The largest absolute Gasteiger partial charge is 0.462 e. The molecule has 1 heterocycles. The van der Waals surface area contributed by atoms with Gasteiger partial charge in [0.1, 0.15) is 0 Å². The topological polar surface area (TPSA) is 106 Å². The third-order valence-electron chi connectivity index (χ3n) is 12.3. The number of benzene rings is 3. The van der Waals surface area contributed by atoms with E-state index in [9.17, 15) is 14.4 Å². The van der Waals surface area contributed by atoms with Crippen LogP contribution in [0, 0.1) is 13.8 Å². The molecule has 0 aliphatic heterocycles. The molecule has 1 aromatic heterocycles. The minimum Gasteiger partial charge on any atom is -0.462 e. The number of hydrogen-bond acceptors (Lipinski definition) is 7. The number of para-hydroxylation sites is 1. The number of amides is 1. The van der Waals surface area contributed by atoms with Crippen LogP contribution in [-0.2, 0) is 16.1 Å². The lowest BCUT2D eigenvalue weighted by atomic mass is 10.1. The fourth-order valence-electron chi connectivity index (χ4n) is 8.08. The molecular weight excluding hydrogens is 783 g/mol. The van der Waals surface area contributed by atoms with Crippen molar-refractivity contribution in [2.75, 3.05) is 30.4 Å². The summed E-state index contributed by atoms with van der Waals surface area (Å²) in [5.41, 5.74) is 4.47. The maximum absolute atomic E-state index is 14.7. The molecule has 0 aliphatic rings. The summed E-state index contributed by atoms with van der Waals surface area (Å²) in [6, 6.07) is 18.5. The highest BCUT2D eigenvalue weighted by Gasteiger charge is 2.24. The van der Waals surface area contributed by atoms with Crippen LogP contribution in [-0.4, -0.2) is 47.3 Å². The molecule has 4 aromatic rings. The summed E-state index contributed by atoms with van der Waals surface area (Å²) in [5.74, 6) is -0.720. The average molecular weight is 862 g/mol. The Labute approximate surface area is 379 Å². The van der Waals surface area contributed by atoms with Crippen LogP contribution in [0.25, 0.3) is 10.9 Å². The second kappa shape index (κ2) is 28.8. The Morgan fingerprint density at radius 3 is 1.84 bits per heavy atom. The summed E-state index contributed by atoms with van der Waals surface area (Å²) in [7, 11) is 2.04. The molecule has 0 aliphatic carbocycles. The van der Waals surface area contributed by atoms with Gasteiger partial charge in [0.25, 0.3) is 11.5 Å². The Kier molecular flexibility index (Phi) is 23.3. The molecule has 4 rings (SSSR count). The van der Waals surface area contributed by atoms with E-state index in [0.29, 0.717) is 41.0 Å². The lowest BCUT2D eigenvalue weighted by molar-refractivity contribution is -0.110. The van der Waals surface area contributed by atoms with Gasteiger partial charge in [0.2, 0.25) is 0 Å². The van der Waals surface area contributed by atoms with E-state index in [2.05, 4.69) is 37.1 Å². The fourth-order valence-corrected chi connectivity index (χ4v) is 8.08. The number of carbonyl (C=O) groups excluding carboxylic acids is 2. The molecular formula is C54H79N5O4. The number of ether oxygens (including phenoxy) is 1. The Morgan fingerprint density at radius 2 is 1.25 bits per heavy atom. The van der Waals surface area contributed by atoms with E-state index in [-0.39, 0.29) is 17.1 Å². The van der Waals surface area contributed by atoms with Gasteiger partial charge in [0.05, 0.1) is 28.8 Å². The summed E-state index contributed by atoms with van der Waals surface area (Å²) in [4.78, 5) is 54.4. The van der Waals surface area contributed by atoms with Crippen LogP contribution < -0.4 is 15.8 Å². The number of hydrogen-bond donors (Lipinski definition) is 1. The third kappa shape index (κ3) is 17.0. The van der Waals surface area contributed by atoms with Crippen molar-refractivity contribution in [2.45, 2.75) is 182 Å². The number of rotatable bonds is 31. The summed E-state index contributed by atoms with van der Waals surface area (Å²) in [6.07, 6.45) is 26.5. The minimum absolute atomic E-state index is 0.0315. The number of aromatic nitrogens is 2. The van der Waals surface area contributed by atoms with E-state index in [1.165, 1.54) is 103 Å². The van der Waals surface area contributed by atoms with E-state index in [0.717, 1.165) is 61.9 Å². The lowest BCUT2D eigenvalue weighted by Crippen LogP contribution is -2.34. The van der Waals surface area contributed by atoms with E-state index >= 15 is 0 Å². The van der Waals surface area contributed by atoms with Crippen LogP contribution in [0.1, 0.15) is 189 Å². The molecule has 0 radical (unpaired) electrons. The molecule has 3 aromatic carbocycles. The summed E-state index contributed by atoms with van der Waals surface area (Å²) < 4.78 is 7.33. The first-order valence-corrected chi connectivity index (χ1v) is 24.7. The number of carbonyl (C=O) groups is 2. The zero-order valence-corrected chi connectivity index (χ0v) is 39.9.